The van der Waals surface area contributed by atoms with Crippen LogP contribution in [-0.2, 0) is 14.4 Å². The standard InChI is InChI=1S/C22H33N5O3/c1-5-24(2)16-11-13-27(14-12-16)18-8-6-7-17(21(18)25(3)15-28)26(4)19-9-10-20(29)23-22(19)30/h6-8,15-16,19H,5,9-14H2,1-4H3,(H,23,29,30). The number of piperidine rings is 2. The van der Waals surface area contributed by atoms with Gasteiger partial charge in [0.05, 0.1) is 17.1 Å². The lowest BCUT2D eigenvalue weighted by molar-refractivity contribution is -0.134. The number of para-hydroxylation sites is 1. The van der Waals surface area contributed by atoms with Crippen molar-refractivity contribution < 1.29 is 14.4 Å². The van der Waals surface area contributed by atoms with Gasteiger partial charge in [-0.05, 0) is 45.0 Å². The Morgan fingerprint density at radius 1 is 1.13 bits per heavy atom. The lowest BCUT2D eigenvalue weighted by Gasteiger charge is -2.40. The number of imide groups is 1. The summed E-state index contributed by atoms with van der Waals surface area (Å²) in [7, 11) is 5.76. The minimum atomic E-state index is -0.444. The normalized spacial score (nSPS) is 20.3. The van der Waals surface area contributed by atoms with Gasteiger partial charge in [-0.1, -0.05) is 13.0 Å². The maximum atomic E-state index is 12.4. The molecule has 164 valence electrons. The van der Waals surface area contributed by atoms with E-state index < -0.39 is 6.04 Å². The molecule has 0 aromatic heterocycles. The van der Waals surface area contributed by atoms with Crippen LogP contribution in [0.5, 0.6) is 0 Å². The van der Waals surface area contributed by atoms with E-state index in [-0.39, 0.29) is 11.8 Å². The fraction of sp³-hybridized carbons (Fsp3) is 0.591. The summed E-state index contributed by atoms with van der Waals surface area (Å²) < 4.78 is 0. The summed E-state index contributed by atoms with van der Waals surface area (Å²) in [6, 6.07) is 6.08. The van der Waals surface area contributed by atoms with Gasteiger partial charge in [0, 0.05) is 39.6 Å². The van der Waals surface area contributed by atoms with Gasteiger partial charge < -0.3 is 19.6 Å². The second-order valence-electron chi connectivity index (χ2n) is 8.23. The van der Waals surface area contributed by atoms with Crippen LogP contribution in [0.15, 0.2) is 18.2 Å². The third kappa shape index (κ3) is 4.43. The van der Waals surface area contributed by atoms with Gasteiger partial charge in [-0.25, -0.2) is 0 Å². The molecule has 3 rings (SSSR count). The molecule has 2 heterocycles. The Hall–Kier alpha value is -2.61. The maximum absolute atomic E-state index is 12.4. The van der Waals surface area contributed by atoms with Crippen LogP contribution in [-0.4, -0.2) is 76.0 Å². The molecule has 3 amide bonds. The van der Waals surface area contributed by atoms with E-state index in [2.05, 4.69) is 29.1 Å². The third-order valence-electron chi connectivity index (χ3n) is 6.49. The van der Waals surface area contributed by atoms with Crippen LogP contribution >= 0.6 is 0 Å². The molecular formula is C22H33N5O3. The number of carbonyl (C=O) groups excluding carboxylic acids is 3. The van der Waals surface area contributed by atoms with E-state index in [1.165, 1.54) is 0 Å². The van der Waals surface area contributed by atoms with Gasteiger partial charge in [0.1, 0.15) is 6.04 Å². The zero-order valence-electron chi connectivity index (χ0n) is 18.4. The number of likely N-dealkylation sites (N-methyl/N-ethyl adjacent to an activating group) is 1. The molecule has 1 N–H and O–H groups in total. The van der Waals surface area contributed by atoms with E-state index in [1.54, 1.807) is 11.9 Å². The Kier molecular flexibility index (Phi) is 6.97. The molecule has 2 fully saturated rings. The topological polar surface area (TPSA) is 76.2 Å². The predicted octanol–water partition coefficient (Wildman–Crippen LogP) is 1.44. The Bertz CT molecular complexity index is 791. The van der Waals surface area contributed by atoms with E-state index in [9.17, 15) is 14.4 Å². The first-order valence-electron chi connectivity index (χ1n) is 10.7. The van der Waals surface area contributed by atoms with Crippen molar-refractivity contribution >= 4 is 35.3 Å². The number of nitrogens with one attached hydrogen (secondary N) is 1. The van der Waals surface area contributed by atoms with Gasteiger partial charge in [0.2, 0.25) is 18.2 Å². The van der Waals surface area contributed by atoms with Gasteiger partial charge in [-0.2, -0.15) is 0 Å². The van der Waals surface area contributed by atoms with E-state index in [0.29, 0.717) is 18.9 Å². The third-order valence-corrected chi connectivity index (χ3v) is 6.49. The van der Waals surface area contributed by atoms with Gasteiger partial charge >= 0.3 is 0 Å². The summed E-state index contributed by atoms with van der Waals surface area (Å²) in [5.41, 5.74) is 2.60. The number of rotatable bonds is 7. The van der Waals surface area contributed by atoms with E-state index in [0.717, 1.165) is 55.9 Å². The van der Waals surface area contributed by atoms with Gasteiger partial charge in [0.15, 0.2) is 0 Å². The number of amides is 3. The molecule has 2 saturated heterocycles. The molecule has 1 unspecified atom stereocenters. The van der Waals surface area contributed by atoms with Crippen LogP contribution in [0, 0.1) is 0 Å². The summed E-state index contributed by atoms with van der Waals surface area (Å²) >= 11 is 0. The molecule has 1 atom stereocenters. The van der Waals surface area contributed by atoms with Crippen molar-refractivity contribution in [1.82, 2.24) is 10.2 Å². The number of hydrogen-bond acceptors (Lipinski definition) is 6. The molecule has 0 bridgehead atoms. The van der Waals surface area contributed by atoms with Crippen molar-refractivity contribution in [3.63, 3.8) is 0 Å². The smallest absolute Gasteiger partial charge is 0.249 e. The van der Waals surface area contributed by atoms with Crippen LogP contribution in [0.4, 0.5) is 17.1 Å². The first-order valence-corrected chi connectivity index (χ1v) is 10.7. The van der Waals surface area contributed by atoms with E-state index >= 15 is 0 Å². The fourth-order valence-electron chi connectivity index (χ4n) is 4.50. The molecule has 1 aromatic carbocycles. The maximum Gasteiger partial charge on any atom is 0.249 e. The highest BCUT2D eigenvalue weighted by Gasteiger charge is 2.32. The highest BCUT2D eigenvalue weighted by molar-refractivity contribution is 6.02. The van der Waals surface area contributed by atoms with Crippen molar-refractivity contribution in [2.24, 2.45) is 0 Å². The number of anilines is 3. The second-order valence-corrected chi connectivity index (χ2v) is 8.23. The van der Waals surface area contributed by atoms with Crippen molar-refractivity contribution in [1.29, 1.82) is 0 Å². The fourth-order valence-corrected chi connectivity index (χ4v) is 4.50. The van der Waals surface area contributed by atoms with Gasteiger partial charge in [0.25, 0.3) is 0 Å². The summed E-state index contributed by atoms with van der Waals surface area (Å²) in [4.78, 5) is 43.9. The van der Waals surface area contributed by atoms with E-state index in [1.807, 2.05) is 30.1 Å². The summed E-state index contributed by atoms with van der Waals surface area (Å²) in [6.07, 6.45) is 3.73. The highest BCUT2D eigenvalue weighted by atomic mass is 16.2. The first kappa shape index (κ1) is 22.1. The first-order chi connectivity index (χ1) is 14.4. The van der Waals surface area contributed by atoms with Crippen molar-refractivity contribution in [3.05, 3.63) is 18.2 Å². The Labute approximate surface area is 178 Å². The molecule has 2 aliphatic heterocycles. The van der Waals surface area contributed by atoms with Gasteiger partial charge in [-0.15, -0.1) is 0 Å². The Balaban J connectivity index is 1.89. The summed E-state index contributed by atoms with van der Waals surface area (Å²) in [6.45, 7) is 5.05. The van der Waals surface area contributed by atoms with Crippen molar-refractivity contribution in [2.75, 3.05) is 55.5 Å². The van der Waals surface area contributed by atoms with Crippen LogP contribution < -0.4 is 20.0 Å². The van der Waals surface area contributed by atoms with Gasteiger partial charge in [-0.3, -0.25) is 19.7 Å². The number of benzene rings is 1. The number of carbonyl (C=O) groups is 3. The lowest BCUT2D eigenvalue weighted by Crippen LogP contribution is -2.51. The molecule has 0 spiro atoms. The van der Waals surface area contributed by atoms with Crippen LogP contribution in [0.1, 0.15) is 32.6 Å². The van der Waals surface area contributed by atoms with Crippen LogP contribution in [0.2, 0.25) is 0 Å². The molecule has 8 heteroatoms. The average molecular weight is 416 g/mol. The quantitative estimate of drug-likeness (QED) is 0.537. The monoisotopic (exact) mass is 415 g/mol. The highest BCUT2D eigenvalue weighted by Crippen LogP contribution is 2.40. The molecule has 2 aliphatic rings. The SMILES string of the molecule is CCN(C)C1CCN(c2cccc(N(C)C3CCC(=O)NC3=O)c2N(C)C=O)CC1. The minimum Gasteiger partial charge on any atom is -0.370 e. The number of hydrogen-bond donors (Lipinski definition) is 1. The van der Waals surface area contributed by atoms with Crippen LogP contribution in [0.25, 0.3) is 0 Å². The molecule has 30 heavy (non-hydrogen) atoms. The predicted molar refractivity (Wildman–Crippen MR) is 119 cm³/mol. The molecule has 0 saturated carbocycles. The summed E-state index contributed by atoms with van der Waals surface area (Å²) in [5.74, 6) is -0.522. The largest absolute Gasteiger partial charge is 0.370 e. The molecular weight excluding hydrogens is 382 g/mol. The van der Waals surface area contributed by atoms with Crippen LogP contribution in [0.3, 0.4) is 0 Å². The molecule has 0 radical (unpaired) electrons. The van der Waals surface area contributed by atoms with E-state index in [4.69, 9.17) is 0 Å². The zero-order chi connectivity index (χ0) is 21.8. The molecule has 8 nitrogen and oxygen atoms in total. The second kappa shape index (κ2) is 9.47. The van der Waals surface area contributed by atoms with Crippen molar-refractivity contribution in [3.8, 4) is 0 Å². The lowest BCUT2D eigenvalue weighted by atomic mass is 10.0. The summed E-state index contributed by atoms with van der Waals surface area (Å²) in [5, 5.41) is 2.42. The molecule has 0 aliphatic carbocycles. The minimum absolute atomic E-state index is 0.233. The Morgan fingerprint density at radius 3 is 2.43 bits per heavy atom. The Morgan fingerprint density at radius 2 is 1.83 bits per heavy atom. The molecule has 1 aromatic rings. The zero-order valence-corrected chi connectivity index (χ0v) is 18.4. The average Bonchev–Trinajstić information content (AvgIpc) is 2.77. The number of nitrogens with zero attached hydrogens (tertiary/aromatic N) is 4. The van der Waals surface area contributed by atoms with Crippen molar-refractivity contribution in [2.45, 2.75) is 44.7 Å².